The lowest BCUT2D eigenvalue weighted by atomic mass is 10.2. The summed E-state index contributed by atoms with van der Waals surface area (Å²) in [5.74, 6) is -0.251. The van der Waals surface area contributed by atoms with Gasteiger partial charge in [0, 0.05) is 5.02 Å². The monoisotopic (exact) mass is 402 g/mol. The third kappa shape index (κ3) is 3.65. The molecule has 0 aliphatic rings. The van der Waals surface area contributed by atoms with Gasteiger partial charge < -0.3 is 0 Å². The van der Waals surface area contributed by atoms with Crippen molar-refractivity contribution in [2.45, 2.75) is 11.1 Å². The van der Waals surface area contributed by atoms with Gasteiger partial charge in [0.15, 0.2) is 0 Å². The molecular formula is C15H10ClF3N4O2S. The van der Waals surface area contributed by atoms with Crippen LogP contribution in [0.3, 0.4) is 0 Å². The molecule has 6 nitrogen and oxygen atoms in total. The quantitative estimate of drug-likeness (QED) is 0.721. The average molecular weight is 403 g/mol. The summed E-state index contributed by atoms with van der Waals surface area (Å²) < 4.78 is 67.8. The van der Waals surface area contributed by atoms with Gasteiger partial charge in [0.25, 0.3) is 10.0 Å². The zero-order valence-corrected chi connectivity index (χ0v) is 14.3. The first-order valence-electron chi connectivity index (χ1n) is 7.03. The van der Waals surface area contributed by atoms with Gasteiger partial charge in [-0.05, 0) is 30.3 Å². The van der Waals surface area contributed by atoms with E-state index in [2.05, 4.69) is 10.1 Å². The van der Waals surface area contributed by atoms with Crippen LogP contribution in [0.15, 0.2) is 59.8 Å². The van der Waals surface area contributed by atoms with E-state index >= 15 is 0 Å². The number of benzene rings is 2. The lowest BCUT2D eigenvalue weighted by molar-refractivity contribution is -0.139. The van der Waals surface area contributed by atoms with Crippen LogP contribution in [0.25, 0.3) is 5.69 Å². The highest BCUT2D eigenvalue weighted by atomic mass is 35.5. The standard InChI is InChI=1S/C15H10ClF3N4O2S/c16-10-6-7-13(12(8-10)15(17,18)19)26(24,25)22-14-20-9-21-23(14)11-4-2-1-3-5-11/h1-9H,(H,20,21,22). The number of nitrogens with zero attached hydrogens (tertiary/aromatic N) is 3. The Balaban J connectivity index is 2.04. The molecule has 26 heavy (non-hydrogen) atoms. The Morgan fingerprint density at radius 3 is 2.42 bits per heavy atom. The van der Waals surface area contributed by atoms with Gasteiger partial charge in [0.05, 0.1) is 16.1 Å². The van der Waals surface area contributed by atoms with E-state index < -0.39 is 26.7 Å². The molecular weight excluding hydrogens is 393 g/mol. The minimum Gasteiger partial charge on any atom is -0.247 e. The first-order valence-corrected chi connectivity index (χ1v) is 8.89. The van der Waals surface area contributed by atoms with Crippen LogP contribution < -0.4 is 4.72 Å². The van der Waals surface area contributed by atoms with Crippen molar-refractivity contribution in [3.8, 4) is 5.69 Å². The van der Waals surface area contributed by atoms with Crippen molar-refractivity contribution in [3.05, 3.63) is 65.4 Å². The fourth-order valence-corrected chi connectivity index (χ4v) is 3.58. The summed E-state index contributed by atoms with van der Waals surface area (Å²) in [6, 6.07) is 10.8. The molecule has 0 saturated carbocycles. The van der Waals surface area contributed by atoms with Gasteiger partial charge in [0.1, 0.15) is 6.33 Å². The Hall–Kier alpha value is -2.59. The molecule has 1 aromatic heterocycles. The smallest absolute Gasteiger partial charge is 0.247 e. The lowest BCUT2D eigenvalue weighted by Crippen LogP contribution is -2.21. The summed E-state index contributed by atoms with van der Waals surface area (Å²) in [5, 5.41) is 3.65. The summed E-state index contributed by atoms with van der Waals surface area (Å²) in [6.07, 6.45) is -3.82. The van der Waals surface area contributed by atoms with Crippen molar-refractivity contribution in [2.24, 2.45) is 0 Å². The van der Waals surface area contributed by atoms with Gasteiger partial charge in [-0.1, -0.05) is 29.8 Å². The number of nitrogens with one attached hydrogen (secondary N) is 1. The van der Waals surface area contributed by atoms with Gasteiger partial charge >= 0.3 is 6.18 Å². The SMILES string of the molecule is O=S(=O)(Nc1ncnn1-c1ccccc1)c1ccc(Cl)cc1C(F)(F)F. The molecule has 0 unspecified atom stereocenters. The second-order valence-electron chi connectivity index (χ2n) is 5.07. The number of alkyl halides is 3. The molecule has 0 spiro atoms. The molecule has 0 saturated heterocycles. The minimum absolute atomic E-state index is 0.233. The van der Waals surface area contributed by atoms with Crippen LogP contribution in [-0.2, 0) is 16.2 Å². The van der Waals surface area contributed by atoms with Gasteiger partial charge in [-0.15, -0.1) is 0 Å². The van der Waals surface area contributed by atoms with E-state index in [1.54, 1.807) is 30.3 Å². The molecule has 0 bridgehead atoms. The van der Waals surface area contributed by atoms with E-state index in [1.807, 2.05) is 4.72 Å². The van der Waals surface area contributed by atoms with Crippen molar-refractivity contribution in [3.63, 3.8) is 0 Å². The van der Waals surface area contributed by atoms with E-state index in [1.165, 1.54) is 0 Å². The first-order chi connectivity index (χ1) is 12.2. The summed E-state index contributed by atoms with van der Waals surface area (Å²) >= 11 is 5.58. The predicted octanol–water partition coefficient (Wildman–Crippen LogP) is 3.74. The molecule has 0 atom stereocenters. The molecule has 136 valence electrons. The Labute approximate surface area is 151 Å². The molecule has 0 radical (unpaired) electrons. The Bertz CT molecular complexity index is 1040. The number of para-hydroxylation sites is 1. The Morgan fingerprint density at radius 2 is 1.77 bits per heavy atom. The van der Waals surface area contributed by atoms with E-state index in [0.29, 0.717) is 11.8 Å². The summed E-state index contributed by atoms with van der Waals surface area (Å²) in [5.41, 5.74) is -0.891. The molecule has 0 amide bonds. The number of rotatable bonds is 4. The maximum Gasteiger partial charge on any atom is 0.417 e. The number of aromatic nitrogens is 3. The summed E-state index contributed by atoms with van der Waals surface area (Å²) in [7, 11) is -4.60. The third-order valence-electron chi connectivity index (χ3n) is 3.31. The molecule has 11 heteroatoms. The molecule has 3 rings (SSSR count). The van der Waals surface area contributed by atoms with Gasteiger partial charge in [0.2, 0.25) is 5.95 Å². The zero-order chi connectivity index (χ0) is 18.9. The first kappa shape index (κ1) is 18.2. The third-order valence-corrected chi connectivity index (χ3v) is 4.93. The van der Waals surface area contributed by atoms with Crippen LogP contribution >= 0.6 is 11.6 Å². The second-order valence-corrected chi connectivity index (χ2v) is 7.16. The summed E-state index contributed by atoms with van der Waals surface area (Å²) in [4.78, 5) is 2.81. The molecule has 0 fully saturated rings. The van der Waals surface area contributed by atoms with E-state index in [0.717, 1.165) is 23.1 Å². The Kier molecular flexibility index (Phi) is 4.63. The molecule has 3 aromatic rings. The maximum atomic E-state index is 13.2. The van der Waals surface area contributed by atoms with Crippen LogP contribution in [0.2, 0.25) is 5.02 Å². The fraction of sp³-hybridized carbons (Fsp3) is 0.0667. The van der Waals surface area contributed by atoms with Gasteiger partial charge in [-0.2, -0.15) is 27.9 Å². The van der Waals surface area contributed by atoms with Gasteiger partial charge in [-0.25, -0.2) is 13.1 Å². The van der Waals surface area contributed by atoms with Crippen LogP contribution in [0, 0.1) is 0 Å². The number of hydrogen-bond donors (Lipinski definition) is 1. The van der Waals surface area contributed by atoms with Crippen molar-refractivity contribution in [1.29, 1.82) is 0 Å². The molecule has 0 aliphatic heterocycles. The molecule has 1 N–H and O–H groups in total. The highest BCUT2D eigenvalue weighted by molar-refractivity contribution is 7.92. The van der Waals surface area contributed by atoms with E-state index in [-0.39, 0.29) is 11.0 Å². The maximum absolute atomic E-state index is 13.2. The highest BCUT2D eigenvalue weighted by Crippen LogP contribution is 2.36. The predicted molar refractivity (Wildman–Crippen MR) is 88.6 cm³/mol. The average Bonchev–Trinajstić information content (AvgIpc) is 3.02. The van der Waals surface area contributed by atoms with Crippen LogP contribution in [0.4, 0.5) is 19.1 Å². The lowest BCUT2D eigenvalue weighted by Gasteiger charge is -2.14. The van der Waals surface area contributed by atoms with Crippen LogP contribution in [0.5, 0.6) is 0 Å². The highest BCUT2D eigenvalue weighted by Gasteiger charge is 2.37. The van der Waals surface area contributed by atoms with E-state index in [4.69, 9.17) is 11.6 Å². The van der Waals surface area contributed by atoms with E-state index in [9.17, 15) is 21.6 Å². The molecule has 1 heterocycles. The number of sulfonamides is 1. The topological polar surface area (TPSA) is 76.9 Å². The van der Waals surface area contributed by atoms with Crippen LogP contribution in [-0.4, -0.2) is 23.2 Å². The second kappa shape index (κ2) is 6.61. The summed E-state index contributed by atoms with van der Waals surface area (Å²) in [6.45, 7) is 0. The zero-order valence-electron chi connectivity index (χ0n) is 12.8. The largest absolute Gasteiger partial charge is 0.417 e. The number of hydrogen-bond acceptors (Lipinski definition) is 4. The number of anilines is 1. The van der Waals surface area contributed by atoms with Crippen molar-refractivity contribution in [1.82, 2.24) is 14.8 Å². The fourth-order valence-electron chi connectivity index (χ4n) is 2.20. The van der Waals surface area contributed by atoms with Crippen LogP contribution in [0.1, 0.15) is 5.56 Å². The van der Waals surface area contributed by atoms with Crippen molar-refractivity contribution < 1.29 is 21.6 Å². The minimum atomic E-state index is -4.90. The molecule has 2 aromatic carbocycles. The van der Waals surface area contributed by atoms with Gasteiger partial charge in [-0.3, -0.25) is 0 Å². The molecule has 0 aliphatic carbocycles. The van der Waals surface area contributed by atoms with Crippen molar-refractivity contribution in [2.75, 3.05) is 4.72 Å². The van der Waals surface area contributed by atoms with Crippen molar-refractivity contribution >= 4 is 27.6 Å². The number of halogens is 4. The normalized spacial score (nSPS) is 12.2. The Morgan fingerprint density at radius 1 is 1.08 bits per heavy atom.